The molecular weight excluding hydrogens is 220 g/mol. The van der Waals surface area contributed by atoms with Crippen molar-refractivity contribution in [3.05, 3.63) is 0 Å². The van der Waals surface area contributed by atoms with Gasteiger partial charge in [0.15, 0.2) is 0 Å². The minimum Gasteiger partial charge on any atom is -0.344 e. The molecule has 3 amide bonds. The maximum Gasteiger partial charge on any atom is 0.251 e. The molecule has 0 aromatic rings. The Hall–Kier alpha value is -1.39. The quantitative estimate of drug-likeness (QED) is 0.722. The number of amides is 3. The number of imide groups is 1. The molecule has 0 aromatic carbocycles. The number of rotatable bonds is 2. The number of likely N-dealkylation sites (tertiary alicyclic amines) is 1. The summed E-state index contributed by atoms with van der Waals surface area (Å²) in [7, 11) is 0. The maximum absolute atomic E-state index is 11.9. The third-order valence-corrected chi connectivity index (χ3v) is 2.81. The Kier molecular flexibility index (Phi) is 3.91. The van der Waals surface area contributed by atoms with Gasteiger partial charge in [0.2, 0.25) is 11.8 Å². The second kappa shape index (κ2) is 4.85. The van der Waals surface area contributed by atoms with Crippen LogP contribution in [0, 0.1) is 5.41 Å². The molecule has 0 saturated carbocycles. The summed E-state index contributed by atoms with van der Waals surface area (Å²) in [4.78, 5) is 36.4. The average Bonchev–Trinajstić information content (AvgIpc) is 2.21. The summed E-state index contributed by atoms with van der Waals surface area (Å²) in [6.45, 7) is 7.48. The number of hydrogen-bond donors (Lipinski definition) is 1. The first-order chi connectivity index (χ1) is 7.77. The molecular formula is C12H20N2O3. The van der Waals surface area contributed by atoms with E-state index in [4.69, 9.17) is 0 Å². The Morgan fingerprint density at radius 3 is 2.47 bits per heavy atom. The number of nitrogens with zero attached hydrogens (tertiary/aromatic N) is 1. The second-order valence-electron chi connectivity index (χ2n) is 5.29. The van der Waals surface area contributed by atoms with E-state index in [0.29, 0.717) is 19.4 Å². The molecule has 1 rings (SSSR count). The van der Waals surface area contributed by atoms with E-state index in [0.717, 1.165) is 0 Å². The normalized spacial score (nSPS) is 21.6. The first-order valence-electron chi connectivity index (χ1n) is 5.92. The third-order valence-electron chi connectivity index (χ3n) is 2.81. The predicted molar refractivity (Wildman–Crippen MR) is 63.0 cm³/mol. The van der Waals surface area contributed by atoms with Crippen LogP contribution in [0.1, 0.15) is 40.5 Å². The Bertz CT molecular complexity index is 344. The van der Waals surface area contributed by atoms with Gasteiger partial charge in [-0.25, -0.2) is 0 Å². The molecule has 0 unspecified atom stereocenters. The van der Waals surface area contributed by atoms with Gasteiger partial charge in [0.05, 0.1) is 0 Å². The highest BCUT2D eigenvalue weighted by atomic mass is 16.2. The molecule has 0 bridgehead atoms. The smallest absolute Gasteiger partial charge is 0.251 e. The van der Waals surface area contributed by atoms with E-state index in [1.165, 1.54) is 4.90 Å². The zero-order chi connectivity index (χ0) is 13.2. The summed E-state index contributed by atoms with van der Waals surface area (Å²) in [5, 5.41) is 2.71. The van der Waals surface area contributed by atoms with Gasteiger partial charge in [-0.05, 0) is 13.3 Å². The number of likely N-dealkylation sites (N-methyl/N-ethyl adjacent to an activating group) is 1. The van der Waals surface area contributed by atoms with Crippen LogP contribution in [-0.2, 0) is 14.4 Å². The number of carbonyl (C=O) groups excluding carboxylic acids is 3. The van der Waals surface area contributed by atoms with Crippen LogP contribution < -0.4 is 5.32 Å². The first-order valence-corrected chi connectivity index (χ1v) is 5.92. The summed E-state index contributed by atoms with van der Waals surface area (Å²) < 4.78 is 0. The molecule has 1 fully saturated rings. The molecule has 0 spiro atoms. The molecule has 1 aliphatic rings. The molecule has 1 atom stereocenters. The number of nitrogens with one attached hydrogen (secondary N) is 1. The molecule has 5 nitrogen and oxygen atoms in total. The van der Waals surface area contributed by atoms with Crippen LogP contribution in [0.15, 0.2) is 0 Å². The van der Waals surface area contributed by atoms with Gasteiger partial charge in [-0.1, -0.05) is 20.8 Å². The van der Waals surface area contributed by atoms with Crippen LogP contribution in [0.2, 0.25) is 0 Å². The van der Waals surface area contributed by atoms with E-state index in [2.05, 4.69) is 5.32 Å². The molecule has 17 heavy (non-hydrogen) atoms. The molecule has 0 aliphatic carbocycles. The van der Waals surface area contributed by atoms with Crippen LogP contribution in [0.25, 0.3) is 0 Å². The van der Waals surface area contributed by atoms with E-state index in [9.17, 15) is 14.4 Å². The SMILES string of the molecule is CCN1C(=O)CC[C@@H](NC(=O)C(C)(C)C)C1=O. The lowest BCUT2D eigenvalue weighted by Gasteiger charge is -2.31. The third kappa shape index (κ3) is 3.05. The minimum atomic E-state index is -0.556. The molecule has 1 heterocycles. The Balaban J connectivity index is 2.71. The summed E-state index contributed by atoms with van der Waals surface area (Å²) in [5.41, 5.74) is -0.529. The largest absolute Gasteiger partial charge is 0.344 e. The van der Waals surface area contributed by atoms with Crippen LogP contribution >= 0.6 is 0 Å². The van der Waals surface area contributed by atoms with Gasteiger partial charge >= 0.3 is 0 Å². The average molecular weight is 240 g/mol. The topological polar surface area (TPSA) is 66.5 Å². The molecule has 1 N–H and O–H groups in total. The fourth-order valence-electron chi connectivity index (χ4n) is 1.68. The summed E-state index contributed by atoms with van der Waals surface area (Å²) in [6.07, 6.45) is 0.713. The standard InChI is InChI=1S/C12H20N2O3/c1-5-14-9(15)7-6-8(10(14)16)13-11(17)12(2,3)4/h8H,5-7H2,1-4H3,(H,13,17)/t8-/m1/s1. The lowest BCUT2D eigenvalue weighted by atomic mass is 9.94. The summed E-state index contributed by atoms with van der Waals surface area (Å²) in [6, 6.07) is -0.556. The summed E-state index contributed by atoms with van der Waals surface area (Å²) >= 11 is 0. The van der Waals surface area contributed by atoms with Gasteiger partial charge in [0, 0.05) is 18.4 Å². The highest BCUT2D eigenvalue weighted by molar-refractivity contribution is 6.02. The van der Waals surface area contributed by atoms with E-state index >= 15 is 0 Å². The lowest BCUT2D eigenvalue weighted by Crippen LogP contribution is -2.55. The van der Waals surface area contributed by atoms with Gasteiger partial charge in [-0.15, -0.1) is 0 Å². The van der Waals surface area contributed by atoms with Crippen molar-refractivity contribution in [1.82, 2.24) is 10.2 Å². The van der Waals surface area contributed by atoms with Gasteiger partial charge < -0.3 is 5.32 Å². The van der Waals surface area contributed by atoms with E-state index in [1.807, 2.05) is 0 Å². The van der Waals surface area contributed by atoms with Crippen molar-refractivity contribution in [2.45, 2.75) is 46.6 Å². The van der Waals surface area contributed by atoms with Crippen molar-refractivity contribution in [3.8, 4) is 0 Å². The molecule has 1 saturated heterocycles. The Morgan fingerprint density at radius 1 is 1.41 bits per heavy atom. The highest BCUT2D eigenvalue weighted by Gasteiger charge is 2.35. The predicted octanol–water partition coefficient (Wildman–Crippen LogP) is 0.686. The minimum absolute atomic E-state index is 0.154. The monoisotopic (exact) mass is 240 g/mol. The Morgan fingerprint density at radius 2 is 2.00 bits per heavy atom. The second-order valence-corrected chi connectivity index (χ2v) is 5.29. The lowest BCUT2D eigenvalue weighted by molar-refractivity contribution is -0.151. The van der Waals surface area contributed by atoms with Crippen LogP contribution in [0.5, 0.6) is 0 Å². The van der Waals surface area contributed by atoms with Crippen LogP contribution in [-0.4, -0.2) is 35.2 Å². The van der Waals surface area contributed by atoms with Crippen molar-refractivity contribution in [2.75, 3.05) is 6.54 Å². The van der Waals surface area contributed by atoms with E-state index in [-0.39, 0.29) is 17.7 Å². The first kappa shape index (κ1) is 13.7. The van der Waals surface area contributed by atoms with Crippen molar-refractivity contribution in [1.29, 1.82) is 0 Å². The molecule has 5 heteroatoms. The van der Waals surface area contributed by atoms with Crippen molar-refractivity contribution >= 4 is 17.7 Å². The van der Waals surface area contributed by atoms with Gasteiger partial charge in [0.25, 0.3) is 5.91 Å². The van der Waals surface area contributed by atoms with Gasteiger partial charge in [-0.2, -0.15) is 0 Å². The van der Waals surface area contributed by atoms with Gasteiger partial charge in [0.1, 0.15) is 6.04 Å². The van der Waals surface area contributed by atoms with E-state index < -0.39 is 11.5 Å². The van der Waals surface area contributed by atoms with Crippen LogP contribution in [0.4, 0.5) is 0 Å². The molecule has 96 valence electrons. The highest BCUT2D eigenvalue weighted by Crippen LogP contribution is 2.17. The van der Waals surface area contributed by atoms with Crippen molar-refractivity contribution < 1.29 is 14.4 Å². The maximum atomic E-state index is 11.9. The number of hydrogen-bond acceptors (Lipinski definition) is 3. The molecule has 1 aliphatic heterocycles. The number of piperidine rings is 1. The van der Waals surface area contributed by atoms with Gasteiger partial charge in [-0.3, -0.25) is 19.3 Å². The summed E-state index contributed by atoms with van der Waals surface area (Å²) in [5.74, 6) is -0.610. The van der Waals surface area contributed by atoms with E-state index in [1.54, 1.807) is 27.7 Å². The fraction of sp³-hybridized carbons (Fsp3) is 0.750. The molecule has 0 aromatic heterocycles. The zero-order valence-electron chi connectivity index (χ0n) is 10.9. The number of carbonyl (C=O) groups is 3. The van der Waals surface area contributed by atoms with Crippen molar-refractivity contribution in [3.63, 3.8) is 0 Å². The van der Waals surface area contributed by atoms with Crippen LogP contribution in [0.3, 0.4) is 0 Å². The zero-order valence-corrected chi connectivity index (χ0v) is 10.9. The molecule has 0 radical (unpaired) electrons. The fourth-order valence-corrected chi connectivity index (χ4v) is 1.68. The Labute approximate surface area is 102 Å². The van der Waals surface area contributed by atoms with Crippen molar-refractivity contribution in [2.24, 2.45) is 5.41 Å².